The molecule has 1 rings (SSSR count). The van der Waals surface area contributed by atoms with Crippen LogP contribution in [-0.2, 0) is 9.53 Å². The average Bonchev–Trinajstić information content (AvgIpc) is 2.35. The van der Waals surface area contributed by atoms with E-state index >= 15 is 0 Å². The first kappa shape index (κ1) is 13.2. The summed E-state index contributed by atoms with van der Waals surface area (Å²) in [6.45, 7) is 1.73. The van der Waals surface area contributed by atoms with Gasteiger partial charge in [0.05, 0.1) is 12.7 Å². The minimum absolute atomic E-state index is 0.0881. The van der Waals surface area contributed by atoms with E-state index in [0.717, 1.165) is 0 Å². The zero-order chi connectivity index (χ0) is 12.8. The van der Waals surface area contributed by atoms with E-state index in [2.05, 4.69) is 10.1 Å². The Morgan fingerprint density at radius 3 is 2.59 bits per heavy atom. The second-order valence-electron chi connectivity index (χ2n) is 3.44. The van der Waals surface area contributed by atoms with Crippen molar-refractivity contribution in [3.63, 3.8) is 0 Å². The molecule has 0 saturated heterocycles. The smallest absolute Gasteiger partial charge is 0.328 e. The number of carbonyl (C=O) groups excluding carboxylic acids is 2. The maximum Gasteiger partial charge on any atom is 0.328 e. The first-order valence-corrected chi connectivity index (χ1v) is 5.23. The van der Waals surface area contributed by atoms with E-state index in [9.17, 15) is 14.0 Å². The Balaban J connectivity index is 2.78. The summed E-state index contributed by atoms with van der Waals surface area (Å²) in [5.41, 5.74) is -0.0881. The van der Waals surface area contributed by atoms with Crippen molar-refractivity contribution < 1.29 is 18.7 Å². The minimum Gasteiger partial charge on any atom is -0.467 e. The third kappa shape index (κ3) is 3.27. The number of esters is 1. The van der Waals surface area contributed by atoms with Gasteiger partial charge >= 0.3 is 5.97 Å². The number of carbonyl (C=O) groups is 2. The lowest BCUT2D eigenvalue weighted by molar-refractivity contribution is -0.142. The van der Waals surface area contributed by atoms with E-state index in [-0.39, 0.29) is 5.56 Å². The normalized spacial score (nSPS) is 11.7. The summed E-state index contributed by atoms with van der Waals surface area (Å²) in [6.07, 6.45) is 0.382. The van der Waals surface area contributed by atoms with E-state index in [1.807, 2.05) is 0 Å². The summed E-state index contributed by atoms with van der Waals surface area (Å²) in [5.74, 6) is -1.79. The third-order valence-corrected chi connectivity index (χ3v) is 2.32. The van der Waals surface area contributed by atoms with Gasteiger partial charge in [-0.15, -0.1) is 0 Å². The molecular weight excluding hydrogens is 225 g/mol. The molecular formula is C12H14FNO3. The Bertz CT molecular complexity index is 420. The molecule has 0 aliphatic heterocycles. The molecule has 0 spiro atoms. The maximum absolute atomic E-state index is 13.3. The van der Waals surface area contributed by atoms with Gasteiger partial charge < -0.3 is 10.1 Å². The predicted molar refractivity (Wildman–Crippen MR) is 60.0 cm³/mol. The number of methoxy groups -OCH3 is 1. The number of halogens is 1. The number of hydrogen-bond donors (Lipinski definition) is 1. The van der Waals surface area contributed by atoms with Crippen molar-refractivity contribution in [2.45, 2.75) is 19.4 Å². The molecule has 0 saturated carbocycles. The first-order valence-electron chi connectivity index (χ1n) is 5.23. The summed E-state index contributed by atoms with van der Waals surface area (Å²) >= 11 is 0. The van der Waals surface area contributed by atoms with Crippen molar-refractivity contribution in [2.75, 3.05) is 7.11 Å². The Kier molecular flexibility index (Phi) is 4.63. The van der Waals surface area contributed by atoms with Crippen LogP contribution in [0.25, 0.3) is 0 Å². The second kappa shape index (κ2) is 5.98. The maximum atomic E-state index is 13.3. The Morgan fingerprint density at radius 2 is 2.06 bits per heavy atom. The Morgan fingerprint density at radius 1 is 1.41 bits per heavy atom. The van der Waals surface area contributed by atoms with E-state index in [0.29, 0.717) is 6.42 Å². The van der Waals surface area contributed by atoms with E-state index < -0.39 is 23.7 Å². The molecule has 0 aliphatic carbocycles. The molecule has 17 heavy (non-hydrogen) atoms. The van der Waals surface area contributed by atoms with Crippen molar-refractivity contribution in [2.24, 2.45) is 0 Å². The van der Waals surface area contributed by atoms with Gasteiger partial charge in [0.15, 0.2) is 0 Å². The molecule has 4 nitrogen and oxygen atoms in total. The van der Waals surface area contributed by atoms with Gasteiger partial charge in [0.25, 0.3) is 5.91 Å². The van der Waals surface area contributed by atoms with Crippen molar-refractivity contribution in [1.82, 2.24) is 5.32 Å². The fourth-order valence-corrected chi connectivity index (χ4v) is 1.35. The Labute approximate surface area is 98.8 Å². The largest absolute Gasteiger partial charge is 0.467 e. The molecule has 0 aliphatic rings. The fourth-order valence-electron chi connectivity index (χ4n) is 1.35. The molecule has 92 valence electrons. The van der Waals surface area contributed by atoms with Crippen molar-refractivity contribution >= 4 is 11.9 Å². The topological polar surface area (TPSA) is 55.4 Å². The van der Waals surface area contributed by atoms with Gasteiger partial charge in [-0.25, -0.2) is 9.18 Å². The van der Waals surface area contributed by atoms with Crippen LogP contribution in [-0.4, -0.2) is 25.0 Å². The van der Waals surface area contributed by atoms with Gasteiger partial charge in [-0.2, -0.15) is 0 Å². The summed E-state index contributed by atoms with van der Waals surface area (Å²) in [5, 5.41) is 2.42. The molecule has 0 aromatic heterocycles. The van der Waals surface area contributed by atoms with E-state index in [1.54, 1.807) is 13.0 Å². The van der Waals surface area contributed by atoms with E-state index in [4.69, 9.17) is 0 Å². The molecule has 1 aromatic carbocycles. The van der Waals surface area contributed by atoms with Crippen molar-refractivity contribution in [3.8, 4) is 0 Å². The summed E-state index contributed by atoms with van der Waals surface area (Å²) in [6, 6.07) is 4.83. The lowest BCUT2D eigenvalue weighted by Gasteiger charge is -2.14. The van der Waals surface area contributed by atoms with Crippen LogP contribution in [0.1, 0.15) is 23.7 Å². The molecule has 1 amide bonds. The standard InChI is InChI=1S/C12H14FNO3/c1-3-10(12(16)17-2)14-11(15)8-6-4-5-7-9(8)13/h4-7,10H,3H2,1-2H3,(H,14,15)/t10-/m1/s1. The minimum atomic E-state index is -0.757. The van der Waals surface area contributed by atoms with E-state index in [1.165, 1.54) is 25.3 Å². The monoisotopic (exact) mass is 239 g/mol. The number of hydrogen-bond acceptors (Lipinski definition) is 3. The quantitative estimate of drug-likeness (QED) is 0.810. The van der Waals surface area contributed by atoms with Gasteiger partial charge in [-0.3, -0.25) is 4.79 Å². The number of rotatable bonds is 4. The van der Waals surface area contributed by atoms with Gasteiger partial charge in [-0.1, -0.05) is 19.1 Å². The van der Waals surface area contributed by atoms with Crippen LogP contribution in [0.4, 0.5) is 4.39 Å². The molecule has 1 aromatic rings. The summed E-state index contributed by atoms with van der Waals surface area (Å²) in [4.78, 5) is 23.0. The van der Waals surface area contributed by atoms with Crippen LogP contribution < -0.4 is 5.32 Å². The molecule has 5 heteroatoms. The highest BCUT2D eigenvalue weighted by atomic mass is 19.1. The molecule has 0 unspecified atom stereocenters. The molecule has 0 radical (unpaired) electrons. The van der Waals surface area contributed by atoms with Crippen molar-refractivity contribution in [1.29, 1.82) is 0 Å². The van der Waals surface area contributed by atoms with Crippen molar-refractivity contribution in [3.05, 3.63) is 35.6 Å². The Hall–Kier alpha value is -1.91. The lowest BCUT2D eigenvalue weighted by Crippen LogP contribution is -2.41. The highest BCUT2D eigenvalue weighted by Gasteiger charge is 2.21. The number of nitrogens with one attached hydrogen (secondary N) is 1. The average molecular weight is 239 g/mol. The highest BCUT2D eigenvalue weighted by molar-refractivity contribution is 5.96. The molecule has 1 N–H and O–H groups in total. The molecule has 0 fully saturated rings. The predicted octanol–water partition coefficient (Wildman–Crippen LogP) is 1.51. The zero-order valence-electron chi connectivity index (χ0n) is 9.70. The first-order chi connectivity index (χ1) is 8.10. The van der Waals surface area contributed by atoms with Crippen LogP contribution in [0.3, 0.4) is 0 Å². The molecule has 0 bridgehead atoms. The van der Waals surface area contributed by atoms with Gasteiger partial charge in [-0.05, 0) is 18.6 Å². The summed E-state index contributed by atoms with van der Waals surface area (Å²) < 4.78 is 17.8. The zero-order valence-corrected chi connectivity index (χ0v) is 9.70. The van der Waals surface area contributed by atoms with Gasteiger partial charge in [0.1, 0.15) is 11.9 Å². The molecule has 1 atom stereocenters. The van der Waals surface area contributed by atoms with Crippen LogP contribution in [0, 0.1) is 5.82 Å². The number of ether oxygens (including phenoxy) is 1. The number of benzene rings is 1. The van der Waals surface area contributed by atoms with Crippen LogP contribution in [0.2, 0.25) is 0 Å². The number of amides is 1. The van der Waals surface area contributed by atoms with Crippen LogP contribution in [0.15, 0.2) is 24.3 Å². The van der Waals surface area contributed by atoms with Gasteiger partial charge in [0, 0.05) is 0 Å². The fraction of sp³-hybridized carbons (Fsp3) is 0.333. The molecule has 0 heterocycles. The van der Waals surface area contributed by atoms with Gasteiger partial charge in [0.2, 0.25) is 0 Å². The summed E-state index contributed by atoms with van der Waals surface area (Å²) in [7, 11) is 1.24. The SMILES string of the molecule is CC[C@@H](NC(=O)c1ccccc1F)C(=O)OC. The third-order valence-electron chi connectivity index (χ3n) is 2.32. The van der Waals surface area contributed by atoms with Crippen LogP contribution in [0.5, 0.6) is 0 Å². The lowest BCUT2D eigenvalue weighted by atomic mass is 10.1. The highest BCUT2D eigenvalue weighted by Crippen LogP contribution is 2.07. The second-order valence-corrected chi connectivity index (χ2v) is 3.44. The van der Waals surface area contributed by atoms with Crippen LogP contribution >= 0.6 is 0 Å².